The molecule has 0 aliphatic rings. The van der Waals surface area contributed by atoms with E-state index in [4.69, 9.17) is 32.7 Å². The molecule has 2 amide bonds. The van der Waals surface area contributed by atoms with Crippen molar-refractivity contribution in [3.8, 4) is 11.5 Å². The van der Waals surface area contributed by atoms with E-state index >= 15 is 0 Å². The Morgan fingerprint density at radius 1 is 1.18 bits per heavy atom. The van der Waals surface area contributed by atoms with Crippen LogP contribution in [0.15, 0.2) is 49.1 Å². The Balaban J connectivity index is 2.07. The number of amides is 2. The molecule has 0 bridgehead atoms. The van der Waals surface area contributed by atoms with Crippen LogP contribution in [0.1, 0.15) is 10.4 Å². The van der Waals surface area contributed by atoms with Crippen LogP contribution in [0.25, 0.3) is 0 Å². The van der Waals surface area contributed by atoms with Gasteiger partial charge in [0.2, 0.25) is 5.91 Å². The van der Waals surface area contributed by atoms with Gasteiger partial charge < -0.3 is 19.7 Å². The van der Waals surface area contributed by atoms with Crippen molar-refractivity contribution in [3.63, 3.8) is 0 Å². The fourth-order valence-electron chi connectivity index (χ4n) is 2.37. The molecule has 28 heavy (non-hydrogen) atoms. The molecule has 2 rings (SSSR count). The van der Waals surface area contributed by atoms with Crippen molar-refractivity contribution in [3.05, 3.63) is 64.7 Å². The van der Waals surface area contributed by atoms with Crippen LogP contribution in [0.5, 0.6) is 11.5 Å². The van der Waals surface area contributed by atoms with Crippen molar-refractivity contribution >= 4 is 40.7 Å². The number of hydrogen-bond donors (Lipinski definition) is 1. The van der Waals surface area contributed by atoms with Crippen molar-refractivity contribution in [1.29, 1.82) is 0 Å². The molecule has 0 atom stereocenters. The van der Waals surface area contributed by atoms with Crippen LogP contribution < -0.4 is 14.8 Å². The first-order chi connectivity index (χ1) is 13.4. The number of methoxy groups -OCH3 is 1. The molecule has 2 aromatic carbocycles. The lowest BCUT2D eigenvalue weighted by Crippen LogP contribution is -2.35. The number of carbonyl (C=O) groups excluding carboxylic acids is 2. The highest BCUT2D eigenvalue weighted by atomic mass is 35.5. The van der Waals surface area contributed by atoms with E-state index in [1.54, 1.807) is 42.5 Å². The van der Waals surface area contributed by atoms with Crippen LogP contribution in [0.3, 0.4) is 0 Å². The zero-order valence-electron chi connectivity index (χ0n) is 15.5. The van der Waals surface area contributed by atoms with Gasteiger partial charge in [-0.1, -0.05) is 41.9 Å². The predicted octanol–water partition coefficient (Wildman–Crippen LogP) is 4.28. The number of likely N-dealkylation sites (N-methyl/N-ethyl adjacent to an activating group) is 1. The fourth-order valence-corrected chi connectivity index (χ4v) is 2.86. The van der Waals surface area contributed by atoms with Gasteiger partial charge in [-0.05, 0) is 30.3 Å². The van der Waals surface area contributed by atoms with Crippen molar-refractivity contribution in [2.45, 2.75) is 0 Å². The molecule has 0 unspecified atom stereocenters. The summed E-state index contributed by atoms with van der Waals surface area (Å²) in [6.45, 7) is 3.72. The Labute approximate surface area is 173 Å². The van der Waals surface area contributed by atoms with Gasteiger partial charge in [-0.25, -0.2) is 0 Å². The van der Waals surface area contributed by atoms with Gasteiger partial charge in [-0.15, -0.1) is 0 Å². The van der Waals surface area contributed by atoms with Crippen LogP contribution in [0.4, 0.5) is 5.69 Å². The summed E-state index contributed by atoms with van der Waals surface area (Å²) in [5, 5.41) is 3.25. The zero-order chi connectivity index (χ0) is 20.7. The smallest absolute Gasteiger partial charge is 0.254 e. The Bertz CT molecular complexity index is 866. The van der Waals surface area contributed by atoms with Gasteiger partial charge in [0.05, 0.1) is 29.4 Å². The van der Waals surface area contributed by atoms with Gasteiger partial charge >= 0.3 is 0 Å². The summed E-state index contributed by atoms with van der Waals surface area (Å²) >= 11 is 12.1. The lowest BCUT2D eigenvalue weighted by molar-refractivity contribution is -0.116. The number of hydrogen-bond acceptors (Lipinski definition) is 4. The summed E-state index contributed by atoms with van der Waals surface area (Å²) in [7, 11) is 3.00. The first-order valence-corrected chi connectivity index (χ1v) is 9.04. The first-order valence-electron chi connectivity index (χ1n) is 8.28. The molecular formula is C20H20Cl2N2O4. The molecule has 0 spiro atoms. The monoisotopic (exact) mass is 422 g/mol. The SMILES string of the molecule is C=CCOc1ccc(C(=O)N(C)CC(=O)Nc2c(Cl)cccc2Cl)cc1OC. The van der Waals surface area contributed by atoms with E-state index in [-0.39, 0.29) is 12.5 Å². The second-order valence-electron chi connectivity index (χ2n) is 5.77. The normalized spacial score (nSPS) is 10.1. The summed E-state index contributed by atoms with van der Waals surface area (Å²) in [6, 6.07) is 9.68. The minimum absolute atomic E-state index is 0.183. The highest BCUT2D eigenvalue weighted by Crippen LogP contribution is 2.30. The number of anilines is 1. The minimum atomic E-state index is -0.427. The maximum atomic E-state index is 12.6. The van der Waals surface area contributed by atoms with Gasteiger partial charge in [0.1, 0.15) is 6.61 Å². The molecule has 0 fully saturated rings. The molecule has 8 heteroatoms. The predicted molar refractivity (Wildman–Crippen MR) is 111 cm³/mol. The number of benzene rings is 2. The number of rotatable bonds is 8. The fraction of sp³-hybridized carbons (Fsp3) is 0.200. The molecule has 0 radical (unpaired) electrons. The molecule has 0 aliphatic carbocycles. The molecule has 0 saturated heterocycles. The van der Waals surface area contributed by atoms with Crippen LogP contribution in [0, 0.1) is 0 Å². The Hall–Kier alpha value is -2.70. The third-order valence-corrected chi connectivity index (χ3v) is 4.35. The van der Waals surface area contributed by atoms with E-state index in [2.05, 4.69) is 11.9 Å². The van der Waals surface area contributed by atoms with Gasteiger partial charge in [0.15, 0.2) is 11.5 Å². The zero-order valence-corrected chi connectivity index (χ0v) is 17.0. The maximum Gasteiger partial charge on any atom is 0.254 e. The lowest BCUT2D eigenvalue weighted by Gasteiger charge is -2.18. The number of nitrogens with zero attached hydrogens (tertiary/aromatic N) is 1. The molecule has 2 aromatic rings. The largest absolute Gasteiger partial charge is 0.493 e. The van der Waals surface area contributed by atoms with Crippen molar-refractivity contribution in [2.24, 2.45) is 0 Å². The number of nitrogens with one attached hydrogen (secondary N) is 1. The maximum absolute atomic E-state index is 12.6. The number of para-hydroxylation sites is 1. The highest BCUT2D eigenvalue weighted by molar-refractivity contribution is 6.39. The van der Waals surface area contributed by atoms with Gasteiger partial charge in [0.25, 0.3) is 5.91 Å². The Kier molecular flexibility index (Phi) is 7.72. The second-order valence-corrected chi connectivity index (χ2v) is 6.59. The van der Waals surface area contributed by atoms with E-state index in [1.165, 1.54) is 19.1 Å². The minimum Gasteiger partial charge on any atom is -0.493 e. The number of halogens is 2. The summed E-state index contributed by atoms with van der Waals surface area (Å²) < 4.78 is 10.7. The van der Waals surface area contributed by atoms with Crippen LogP contribution in [-0.2, 0) is 4.79 Å². The van der Waals surface area contributed by atoms with E-state index < -0.39 is 5.91 Å². The quantitative estimate of drug-likeness (QED) is 0.644. The molecule has 0 heterocycles. The Morgan fingerprint density at radius 2 is 1.86 bits per heavy atom. The average Bonchev–Trinajstić information content (AvgIpc) is 2.68. The third kappa shape index (κ3) is 5.41. The highest BCUT2D eigenvalue weighted by Gasteiger charge is 2.18. The van der Waals surface area contributed by atoms with E-state index in [0.717, 1.165) is 0 Å². The van der Waals surface area contributed by atoms with E-state index in [1.807, 2.05) is 0 Å². The van der Waals surface area contributed by atoms with Gasteiger partial charge in [0, 0.05) is 12.6 Å². The molecular weight excluding hydrogens is 403 g/mol. The standard InChI is InChI=1S/C20H20Cl2N2O4/c1-4-10-28-16-9-8-13(11-17(16)27-3)20(26)24(2)12-18(25)23-19-14(21)6-5-7-15(19)22/h4-9,11H,1,10,12H2,2-3H3,(H,23,25). The van der Waals surface area contributed by atoms with Crippen LogP contribution in [-0.4, -0.2) is 44.0 Å². The van der Waals surface area contributed by atoms with Crippen molar-refractivity contribution in [2.75, 3.05) is 32.6 Å². The molecule has 6 nitrogen and oxygen atoms in total. The third-order valence-electron chi connectivity index (χ3n) is 3.72. The first kappa shape index (κ1) is 21.6. The molecule has 148 valence electrons. The van der Waals surface area contributed by atoms with Crippen LogP contribution >= 0.6 is 23.2 Å². The summed E-state index contributed by atoms with van der Waals surface area (Å²) in [5.74, 6) is 0.124. The van der Waals surface area contributed by atoms with E-state index in [0.29, 0.717) is 39.4 Å². The number of ether oxygens (including phenoxy) is 2. The molecule has 1 N–H and O–H groups in total. The summed E-state index contributed by atoms with van der Waals surface area (Å²) in [4.78, 5) is 26.2. The van der Waals surface area contributed by atoms with Crippen LogP contribution in [0.2, 0.25) is 10.0 Å². The van der Waals surface area contributed by atoms with Crippen molar-refractivity contribution in [1.82, 2.24) is 4.90 Å². The lowest BCUT2D eigenvalue weighted by atomic mass is 10.1. The summed E-state index contributed by atoms with van der Waals surface area (Å²) in [6.07, 6.45) is 1.61. The second kappa shape index (κ2) is 10.0. The molecule has 0 aromatic heterocycles. The molecule has 0 aliphatic heterocycles. The average molecular weight is 423 g/mol. The summed E-state index contributed by atoms with van der Waals surface area (Å²) in [5.41, 5.74) is 0.663. The number of carbonyl (C=O) groups is 2. The van der Waals surface area contributed by atoms with Gasteiger partial charge in [-0.3, -0.25) is 9.59 Å². The molecule has 0 saturated carbocycles. The Morgan fingerprint density at radius 3 is 2.46 bits per heavy atom. The van der Waals surface area contributed by atoms with Crippen molar-refractivity contribution < 1.29 is 19.1 Å². The van der Waals surface area contributed by atoms with E-state index in [9.17, 15) is 9.59 Å². The van der Waals surface area contributed by atoms with Gasteiger partial charge in [-0.2, -0.15) is 0 Å². The topological polar surface area (TPSA) is 67.9 Å².